The Bertz CT molecular complexity index is 2490. The summed E-state index contributed by atoms with van der Waals surface area (Å²) in [6.07, 6.45) is 0. The van der Waals surface area contributed by atoms with Gasteiger partial charge in [-0.05, 0) is 84.6 Å². The summed E-state index contributed by atoms with van der Waals surface area (Å²) in [5.74, 6) is 0. The number of thiophene rings is 1. The molecule has 4 N–H and O–H groups in total. The minimum absolute atomic E-state index is 0.303. The van der Waals surface area contributed by atoms with Crippen LogP contribution in [0.2, 0.25) is 0 Å². The van der Waals surface area contributed by atoms with Crippen molar-refractivity contribution in [3.8, 4) is 21.6 Å². The molecule has 1 spiro atoms. The fourth-order valence-corrected chi connectivity index (χ4v) is 9.59. The van der Waals surface area contributed by atoms with Crippen LogP contribution in [-0.4, -0.2) is 6.72 Å². The van der Waals surface area contributed by atoms with E-state index in [0.717, 1.165) is 13.1 Å². The second-order valence-electron chi connectivity index (χ2n) is 12.9. The van der Waals surface area contributed by atoms with Gasteiger partial charge < -0.3 is 16.5 Å². The van der Waals surface area contributed by atoms with Crippen molar-refractivity contribution in [2.75, 3.05) is 0 Å². The van der Waals surface area contributed by atoms with Gasteiger partial charge in [0.2, 0.25) is 0 Å². The SMILES string of the molecule is C=N.CC.NCc1cccc2ccccc12.c1ccc(CNCc2cccc3c2C2(c4ccccc4-3)c3ccccc3-c3sc4ccccc4c32)cc1. The second-order valence-corrected chi connectivity index (χ2v) is 14.0. The molecule has 0 saturated heterocycles. The van der Waals surface area contributed by atoms with Gasteiger partial charge in [-0.15, -0.1) is 11.3 Å². The molecule has 262 valence electrons. The second kappa shape index (κ2) is 15.9. The Labute approximate surface area is 317 Å². The van der Waals surface area contributed by atoms with E-state index < -0.39 is 0 Å². The van der Waals surface area contributed by atoms with Gasteiger partial charge in [0.05, 0.1) is 5.41 Å². The maximum Gasteiger partial charge on any atom is 0.0743 e. The molecule has 53 heavy (non-hydrogen) atoms. The summed E-state index contributed by atoms with van der Waals surface area (Å²) in [7, 11) is 0. The van der Waals surface area contributed by atoms with Crippen LogP contribution in [0.25, 0.3) is 42.4 Å². The first-order chi connectivity index (χ1) is 26.3. The van der Waals surface area contributed by atoms with Gasteiger partial charge in [-0.2, -0.15) is 0 Å². The highest BCUT2D eigenvalue weighted by atomic mass is 32.1. The van der Waals surface area contributed by atoms with Gasteiger partial charge >= 0.3 is 0 Å². The number of rotatable bonds is 5. The van der Waals surface area contributed by atoms with Gasteiger partial charge in [0, 0.05) is 29.2 Å². The van der Waals surface area contributed by atoms with E-state index in [-0.39, 0.29) is 5.41 Å². The molecule has 8 aromatic rings. The summed E-state index contributed by atoms with van der Waals surface area (Å²) in [5, 5.41) is 13.2. The van der Waals surface area contributed by atoms with E-state index in [1.807, 2.05) is 43.4 Å². The van der Waals surface area contributed by atoms with Crippen LogP contribution in [0, 0.1) is 5.41 Å². The lowest BCUT2D eigenvalue weighted by atomic mass is 9.69. The molecule has 0 amide bonds. The van der Waals surface area contributed by atoms with Gasteiger partial charge in [0.25, 0.3) is 0 Å². The number of fused-ring (bicyclic) bond motifs is 13. The van der Waals surface area contributed by atoms with Crippen molar-refractivity contribution >= 4 is 38.9 Å². The summed E-state index contributed by atoms with van der Waals surface area (Å²) >= 11 is 1.94. The zero-order chi connectivity index (χ0) is 36.8. The van der Waals surface area contributed by atoms with Crippen LogP contribution in [0.3, 0.4) is 0 Å². The summed E-state index contributed by atoms with van der Waals surface area (Å²) in [6, 6.07) is 59.3. The highest BCUT2D eigenvalue weighted by Crippen LogP contribution is 2.66. The number of hydrogen-bond donors (Lipinski definition) is 3. The van der Waals surface area contributed by atoms with Crippen molar-refractivity contribution < 1.29 is 0 Å². The lowest BCUT2D eigenvalue weighted by Gasteiger charge is -2.32. The van der Waals surface area contributed by atoms with Crippen LogP contribution in [0.4, 0.5) is 0 Å². The fraction of sp³-hybridized carbons (Fsp3) is 0.122. The Balaban J connectivity index is 0.000000229. The van der Waals surface area contributed by atoms with Gasteiger partial charge in [-0.25, -0.2) is 0 Å². The molecule has 2 aliphatic rings. The van der Waals surface area contributed by atoms with Crippen molar-refractivity contribution in [3.63, 3.8) is 0 Å². The normalized spacial score (nSPS) is 14.1. The Morgan fingerprint density at radius 3 is 1.89 bits per heavy atom. The molecule has 1 atom stereocenters. The molecule has 0 aliphatic heterocycles. The van der Waals surface area contributed by atoms with Crippen LogP contribution in [-0.2, 0) is 25.0 Å². The number of hydrogen-bond acceptors (Lipinski definition) is 4. The third-order valence-electron chi connectivity index (χ3n) is 10.3. The topological polar surface area (TPSA) is 61.9 Å². The molecule has 1 heterocycles. The van der Waals surface area contributed by atoms with Crippen molar-refractivity contribution in [1.82, 2.24) is 5.32 Å². The molecule has 4 heteroatoms. The molecule has 10 rings (SSSR count). The quantitative estimate of drug-likeness (QED) is 0.156. The minimum Gasteiger partial charge on any atom is -0.326 e. The summed E-state index contributed by atoms with van der Waals surface area (Å²) in [4.78, 5) is 1.42. The van der Waals surface area contributed by atoms with Gasteiger partial charge in [0.15, 0.2) is 0 Å². The molecule has 0 bridgehead atoms. The Kier molecular flexibility index (Phi) is 10.7. The van der Waals surface area contributed by atoms with Crippen molar-refractivity contribution in [3.05, 3.63) is 203 Å². The third-order valence-corrected chi connectivity index (χ3v) is 11.5. The number of nitrogens with one attached hydrogen (secondary N) is 2. The molecular formula is C49H45N3S. The van der Waals surface area contributed by atoms with Crippen LogP contribution in [0.1, 0.15) is 52.8 Å². The van der Waals surface area contributed by atoms with Crippen LogP contribution in [0.15, 0.2) is 164 Å². The molecule has 0 radical (unpaired) electrons. The van der Waals surface area contributed by atoms with Crippen LogP contribution in [0.5, 0.6) is 0 Å². The van der Waals surface area contributed by atoms with Gasteiger partial charge in [0.1, 0.15) is 0 Å². The average molecular weight is 708 g/mol. The largest absolute Gasteiger partial charge is 0.326 e. The molecule has 2 aliphatic carbocycles. The van der Waals surface area contributed by atoms with Crippen LogP contribution < -0.4 is 11.1 Å². The predicted molar refractivity (Wildman–Crippen MR) is 228 cm³/mol. The van der Waals surface area contributed by atoms with E-state index in [0.29, 0.717) is 6.54 Å². The fourth-order valence-electron chi connectivity index (χ4n) is 8.29. The molecular weight excluding hydrogens is 663 g/mol. The first-order valence-electron chi connectivity index (χ1n) is 18.4. The van der Waals surface area contributed by atoms with Crippen molar-refractivity contribution in [2.45, 2.75) is 38.9 Å². The predicted octanol–water partition coefficient (Wildman–Crippen LogP) is 12.1. The van der Waals surface area contributed by atoms with E-state index in [2.05, 4.69) is 158 Å². The zero-order valence-corrected chi connectivity index (χ0v) is 31.2. The Morgan fingerprint density at radius 1 is 0.547 bits per heavy atom. The first-order valence-corrected chi connectivity index (χ1v) is 19.2. The highest BCUT2D eigenvalue weighted by Gasteiger charge is 2.54. The Morgan fingerprint density at radius 2 is 1.11 bits per heavy atom. The van der Waals surface area contributed by atoms with Gasteiger partial charge in [-0.1, -0.05) is 172 Å². The van der Waals surface area contributed by atoms with Crippen molar-refractivity contribution in [1.29, 1.82) is 5.41 Å². The van der Waals surface area contributed by atoms with Gasteiger partial charge in [-0.3, -0.25) is 0 Å². The van der Waals surface area contributed by atoms with E-state index in [9.17, 15) is 0 Å². The third kappa shape index (κ3) is 6.09. The Hall–Kier alpha value is -5.65. The van der Waals surface area contributed by atoms with E-state index in [4.69, 9.17) is 11.1 Å². The molecule has 1 aromatic heterocycles. The number of benzene rings is 7. The summed E-state index contributed by atoms with van der Waals surface area (Å²) in [6.45, 7) is 8.79. The summed E-state index contributed by atoms with van der Waals surface area (Å²) in [5.41, 5.74) is 19.1. The average Bonchev–Trinajstić information content (AvgIpc) is 3.87. The minimum atomic E-state index is -0.303. The van der Waals surface area contributed by atoms with Crippen LogP contribution >= 0.6 is 11.3 Å². The standard InChI is InChI=1S/C35H25NS.C11H11N.C2H6.CH3N/c1-2-11-23(12-3-1)21-36-22-24-13-10-17-26-25-14-4-7-18-29(25)35(32(24)26)30-19-8-5-15-27(30)34-33(35)28-16-6-9-20-31(28)37-34;12-8-10-6-3-5-9-4-1-2-7-11(9)10;2*1-2/h1-20,36H,21-22H2;1-7H,8,12H2;1-2H3;2H,1H2. The number of nitrogens with two attached hydrogens (primary N) is 1. The smallest absolute Gasteiger partial charge is 0.0743 e. The maximum atomic E-state index is 5.62. The lowest BCUT2D eigenvalue weighted by Crippen LogP contribution is -2.28. The van der Waals surface area contributed by atoms with Crippen molar-refractivity contribution in [2.24, 2.45) is 5.73 Å². The monoisotopic (exact) mass is 707 g/mol. The van der Waals surface area contributed by atoms with E-state index in [1.54, 1.807) is 0 Å². The maximum absolute atomic E-state index is 5.62. The first kappa shape index (κ1) is 35.7. The summed E-state index contributed by atoms with van der Waals surface area (Å²) < 4.78 is 1.37. The highest BCUT2D eigenvalue weighted by molar-refractivity contribution is 7.22. The molecule has 3 nitrogen and oxygen atoms in total. The molecule has 0 fully saturated rings. The molecule has 7 aromatic carbocycles. The van der Waals surface area contributed by atoms with E-state index in [1.165, 1.54) is 81.4 Å². The van der Waals surface area contributed by atoms with E-state index >= 15 is 0 Å². The molecule has 0 saturated carbocycles. The zero-order valence-electron chi connectivity index (χ0n) is 30.4. The molecule has 1 unspecified atom stereocenters. The lowest BCUT2D eigenvalue weighted by molar-refractivity contribution is 0.676.